The van der Waals surface area contributed by atoms with Crippen LogP contribution in [0.15, 0.2) is 16.5 Å². The molecule has 0 radical (unpaired) electrons. The molecule has 0 amide bonds. The first kappa shape index (κ1) is 14.1. The van der Waals surface area contributed by atoms with Gasteiger partial charge in [-0.15, -0.1) is 0 Å². The van der Waals surface area contributed by atoms with Crippen molar-refractivity contribution in [2.45, 2.75) is 32.2 Å². The number of furan rings is 1. The summed E-state index contributed by atoms with van der Waals surface area (Å²) in [6, 6.07) is 3.66. The number of nitrogens with zero attached hydrogens (tertiary/aromatic N) is 1. The first-order valence-electron chi connectivity index (χ1n) is 7.20. The second-order valence-electron chi connectivity index (χ2n) is 5.73. The molecule has 1 aromatic heterocycles. The highest BCUT2D eigenvalue weighted by molar-refractivity contribution is 7.89. The summed E-state index contributed by atoms with van der Waals surface area (Å²) in [5.41, 5.74) is 0. The maximum absolute atomic E-state index is 12.6. The zero-order valence-corrected chi connectivity index (χ0v) is 12.6. The van der Waals surface area contributed by atoms with Crippen LogP contribution in [-0.4, -0.2) is 38.2 Å². The predicted molar refractivity (Wildman–Crippen MR) is 74.8 cm³/mol. The SMILES string of the molecule is Cc1ccc([C@@H]2CCCN2S(=O)(=O)C[C@@H]2CCOC2)o1. The third-order valence-electron chi connectivity index (χ3n) is 4.12. The molecule has 2 aliphatic heterocycles. The number of hydrogen-bond acceptors (Lipinski definition) is 4. The Balaban J connectivity index is 1.77. The normalized spacial score (nSPS) is 28.2. The molecule has 2 aliphatic rings. The van der Waals surface area contributed by atoms with Gasteiger partial charge in [-0.2, -0.15) is 4.31 Å². The van der Waals surface area contributed by atoms with E-state index in [2.05, 4.69) is 0 Å². The van der Waals surface area contributed by atoms with Gasteiger partial charge in [-0.3, -0.25) is 0 Å². The summed E-state index contributed by atoms with van der Waals surface area (Å²) in [5.74, 6) is 1.93. The highest BCUT2D eigenvalue weighted by Crippen LogP contribution is 2.36. The molecule has 112 valence electrons. The number of aryl methyl sites for hydroxylation is 1. The molecule has 1 aromatic rings. The third kappa shape index (κ3) is 2.77. The van der Waals surface area contributed by atoms with Crippen LogP contribution in [0.4, 0.5) is 0 Å². The van der Waals surface area contributed by atoms with Crippen LogP contribution < -0.4 is 0 Å². The molecule has 2 fully saturated rings. The van der Waals surface area contributed by atoms with Gasteiger partial charge in [-0.05, 0) is 44.2 Å². The molecule has 20 heavy (non-hydrogen) atoms. The topological polar surface area (TPSA) is 59.8 Å². The molecule has 0 aliphatic carbocycles. The van der Waals surface area contributed by atoms with Gasteiger partial charge in [0, 0.05) is 13.2 Å². The van der Waals surface area contributed by atoms with E-state index in [-0.39, 0.29) is 17.7 Å². The van der Waals surface area contributed by atoms with E-state index >= 15 is 0 Å². The highest BCUT2D eigenvalue weighted by Gasteiger charge is 2.38. The summed E-state index contributed by atoms with van der Waals surface area (Å²) in [7, 11) is -3.24. The van der Waals surface area contributed by atoms with Gasteiger partial charge < -0.3 is 9.15 Å². The van der Waals surface area contributed by atoms with Crippen LogP contribution in [0.3, 0.4) is 0 Å². The average Bonchev–Trinajstić information content (AvgIpc) is 3.07. The molecule has 3 heterocycles. The van der Waals surface area contributed by atoms with Crippen LogP contribution in [0.1, 0.15) is 36.8 Å². The van der Waals surface area contributed by atoms with Crippen molar-refractivity contribution in [1.82, 2.24) is 4.31 Å². The van der Waals surface area contributed by atoms with E-state index in [1.54, 1.807) is 4.31 Å². The fourth-order valence-corrected chi connectivity index (χ4v) is 5.15. The Morgan fingerprint density at radius 2 is 2.20 bits per heavy atom. The van der Waals surface area contributed by atoms with Crippen molar-refractivity contribution >= 4 is 10.0 Å². The number of hydrogen-bond donors (Lipinski definition) is 0. The first-order valence-corrected chi connectivity index (χ1v) is 8.81. The maximum Gasteiger partial charge on any atom is 0.215 e. The van der Waals surface area contributed by atoms with Crippen LogP contribution in [0, 0.1) is 12.8 Å². The number of rotatable bonds is 4. The largest absolute Gasteiger partial charge is 0.465 e. The van der Waals surface area contributed by atoms with Crippen LogP contribution in [0.5, 0.6) is 0 Å². The van der Waals surface area contributed by atoms with Gasteiger partial charge in [-0.1, -0.05) is 0 Å². The van der Waals surface area contributed by atoms with Crippen LogP contribution >= 0.6 is 0 Å². The number of ether oxygens (including phenoxy) is 1. The molecular formula is C14H21NO4S. The van der Waals surface area contributed by atoms with E-state index in [0.717, 1.165) is 30.8 Å². The van der Waals surface area contributed by atoms with Crippen molar-refractivity contribution in [2.24, 2.45) is 5.92 Å². The van der Waals surface area contributed by atoms with Gasteiger partial charge in [0.05, 0.1) is 18.4 Å². The molecule has 2 saturated heterocycles. The summed E-state index contributed by atoms with van der Waals surface area (Å²) in [6.45, 7) is 3.73. The van der Waals surface area contributed by atoms with E-state index in [1.807, 2.05) is 19.1 Å². The monoisotopic (exact) mass is 299 g/mol. The Morgan fingerprint density at radius 1 is 1.35 bits per heavy atom. The molecule has 0 unspecified atom stereocenters. The van der Waals surface area contributed by atoms with Crippen molar-refractivity contribution in [2.75, 3.05) is 25.5 Å². The molecule has 0 spiro atoms. The Morgan fingerprint density at radius 3 is 2.85 bits per heavy atom. The molecule has 0 saturated carbocycles. The van der Waals surface area contributed by atoms with Crippen LogP contribution in [-0.2, 0) is 14.8 Å². The average molecular weight is 299 g/mol. The molecule has 0 aromatic carbocycles. The Bertz CT molecular complexity index is 559. The molecule has 3 rings (SSSR count). The minimum atomic E-state index is -3.24. The van der Waals surface area contributed by atoms with Gasteiger partial charge in [0.1, 0.15) is 11.5 Å². The fraction of sp³-hybridized carbons (Fsp3) is 0.714. The molecule has 0 bridgehead atoms. The van der Waals surface area contributed by atoms with Crippen molar-refractivity contribution < 1.29 is 17.6 Å². The minimum Gasteiger partial charge on any atom is -0.465 e. The molecular weight excluding hydrogens is 278 g/mol. The maximum atomic E-state index is 12.6. The summed E-state index contributed by atoms with van der Waals surface area (Å²) in [4.78, 5) is 0. The predicted octanol–water partition coefficient (Wildman–Crippen LogP) is 2.09. The smallest absolute Gasteiger partial charge is 0.215 e. The second kappa shape index (κ2) is 5.50. The summed E-state index contributed by atoms with van der Waals surface area (Å²) < 4.78 is 37.8. The lowest BCUT2D eigenvalue weighted by Crippen LogP contribution is -2.35. The molecule has 0 N–H and O–H groups in total. The molecule has 6 heteroatoms. The first-order chi connectivity index (χ1) is 9.56. The Kier molecular flexibility index (Phi) is 3.88. The highest BCUT2D eigenvalue weighted by atomic mass is 32.2. The zero-order valence-electron chi connectivity index (χ0n) is 11.7. The standard InChI is InChI=1S/C14H21NO4S/c1-11-4-5-14(19-11)13-3-2-7-15(13)20(16,17)10-12-6-8-18-9-12/h4-5,12-13H,2-3,6-10H2,1H3/t12-,13+/m1/s1. The van der Waals surface area contributed by atoms with Gasteiger partial charge >= 0.3 is 0 Å². The van der Waals surface area contributed by atoms with Crippen LogP contribution in [0.25, 0.3) is 0 Å². The van der Waals surface area contributed by atoms with Crippen molar-refractivity contribution in [1.29, 1.82) is 0 Å². The lowest BCUT2D eigenvalue weighted by atomic mass is 10.2. The van der Waals surface area contributed by atoms with E-state index < -0.39 is 10.0 Å². The Hall–Kier alpha value is -0.850. The van der Waals surface area contributed by atoms with Gasteiger partial charge in [0.25, 0.3) is 0 Å². The van der Waals surface area contributed by atoms with E-state index in [9.17, 15) is 8.42 Å². The second-order valence-corrected chi connectivity index (χ2v) is 7.69. The molecule has 5 nitrogen and oxygen atoms in total. The van der Waals surface area contributed by atoms with Crippen molar-refractivity contribution in [3.63, 3.8) is 0 Å². The van der Waals surface area contributed by atoms with E-state index in [1.165, 1.54) is 0 Å². The van der Waals surface area contributed by atoms with Crippen LogP contribution in [0.2, 0.25) is 0 Å². The lowest BCUT2D eigenvalue weighted by Gasteiger charge is -2.23. The molecule has 2 atom stereocenters. The van der Waals surface area contributed by atoms with Gasteiger partial charge in [-0.25, -0.2) is 8.42 Å². The summed E-state index contributed by atoms with van der Waals surface area (Å²) in [5, 5.41) is 0. The van der Waals surface area contributed by atoms with Gasteiger partial charge in [0.15, 0.2) is 0 Å². The summed E-state index contributed by atoms with van der Waals surface area (Å²) in [6.07, 6.45) is 2.58. The quantitative estimate of drug-likeness (QED) is 0.854. The van der Waals surface area contributed by atoms with Crippen molar-refractivity contribution in [3.05, 3.63) is 23.7 Å². The Labute approximate surface area is 119 Å². The fourth-order valence-electron chi connectivity index (χ4n) is 3.10. The third-order valence-corrected chi connectivity index (χ3v) is 6.17. The lowest BCUT2D eigenvalue weighted by molar-refractivity contribution is 0.188. The van der Waals surface area contributed by atoms with Crippen molar-refractivity contribution in [3.8, 4) is 0 Å². The zero-order chi connectivity index (χ0) is 14.2. The van der Waals surface area contributed by atoms with E-state index in [4.69, 9.17) is 9.15 Å². The number of sulfonamides is 1. The van der Waals surface area contributed by atoms with Gasteiger partial charge in [0.2, 0.25) is 10.0 Å². The summed E-state index contributed by atoms with van der Waals surface area (Å²) >= 11 is 0. The minimum absolute atomic E-state index is 0.129. The van der Waals surface area contributed by atoms with E-state index in [0.29, 0.717) is 19.8 Å².